The van der Waals surface area contributed by atoms with Crippen LogP contribution in [-0.2, 0) is 9.59 Å². The van der Waals surface area contributed by atoms with E-state index in [1.54, 1.807) is 19.2 Å². The van der Waals surface area contributed by atoms with Crippen molar-refractivity contribution in [3.8, 4) is 5.75 Å². The molecule has 0 aromatic heterocycles. The minimum atomic E-state index is -0.313. The molecule has 1 heterocycles. The Balaban J connectivity index is 1.61. The summed E-state index contributed by atoms with van der Waals surface area (Å²) in [5.74, 6) is 0.0642. The van der Waals surface area contributed by atoms with E-state index in [-0.39, 0.29) is 24.8 Å². The van der Waals surface area contributed by atoms with Crippen molar-refractivity contribution in [3.63, 3.8) is 0 Å². The number of fused-ring (bicyclic) bond motifs is 1. The number of nitrogens with one attached hydrogen (secondary N) is 1. The van der Waals surface area contributed by atoms with E-state index in [0.717, 1.165) is 11.1 Å². The number of nitrogens with zero attached hydrogens (tertiary/aromatic N) is 2. The summed E-state index contributed by atoms with van der Waals surface area (Å²) < 4.78 is 5.29. The molecule has 4 rings (SSSR count). The van der Waals surface area contributed by atoms with E-state index in [1.807, 2.05) is 67.6 Å². The first-order chi connectivity index (χ1) is 15.0. The molecule has 0 aliphatic carbocycles. The van der Waals surface area contributed by atoms with E-state index in [4.69, 9.17) is 9.73 Å². The number of rotatable bonds is 5. The Labute approximate surface area is 181 Å². The van der Waals surface area contributed by atoms with Crippen molar-refractivity contribution in [2.75, 3.05) is 23.9 Å². The highest BCUT2D eigenvalue weighted by molar-refractivity contribution is 6.19. The first kappa shape index (κ1) is 20.3. The monoisotopic (exact) mass is 413 g/mol. The molecule has 1 N–H and O–H groups in total. The van der Waals surface area contributed by atoms with Gasteiger partial charge in [0.2, 0.25) is 11.8 Å². The number of aliphatic imine (C=N–C) groups is 1. The quantitative estimate of drug-likeness (QED) is 0.669. The fourth-order valence-electron chi connectivity index (χ4n) is 3.51. The summed E-state index contributed by atoms with van der Waals surface area (Å²) in [5, 5.41) is 2.83. The number of amides is 2. The van der Waals surface area contributed by atoms with Gasteiger partial charge in [0, 0.05) is 0 Å². The van der Waals surface area contributed by atoms with Crippen molar-refractivity contribution in [3.05, 3.63) is 83.9 Å². The molecule has 3 aromatic rings. The maximum atomic E-state index is 13.2. The molecule has 3 aromatic carbocycles. The standard InChI is InChI=1S/C25H23N3O3/c1-17-11-13-18(14-12-17)21-15-25(30)28(22-9-5-3-7-19(22)26-21)16-24(29)27-20-8-4-6-10-23(20)31-2/h3-14H,15-16H2,1-2H3,(H,27,29). The van der Waals surface area contributed by atoms with Gasteiger partial charge in [-0.1, -0.05) is 54.1 Å². The van der Waals surface area contributed by atoms with Gasteiger partial charge in [0.1, 0.15) is 12.3 Å². The lowest BCUT2D eigenvalue weighted by molar-refractivity contribution is -0.120. The van der Waals surface area contributed by atoms with E-state index in [0.29, 0.717) is 28.5 Å². The van der Waals surface area contributed by atoms with Crippen LogP contribution in [0.4, 0.5) is 17.1 Å². The van der Waals surface area contributed by atoms with E-state index in [9.17, 15) is 9.59 Å². The second-order valence-electron chi connectivity index (χ2n) is 7.32. The molecular weight excluding hydrogens is 390 g/mol. The summed E-state index contributed by atoms with van der Waals surface area (Å²) in [6.45, 7) is 1.89. The zero-order valence-corrected chi connectivity index (χ0v) is 17.5. The minimum absolute atomic E-state index is 0.111. The molecule has 0 saturated heterocycles. The van der Waals surface area contributed by atoms with Crippen LogP contribution < -0.4 is 15.0 Å². The number of carbonyl (C=O) groups excluding carboxylic acids is 2. The van der Waals surface area contributed by atoms with Gasteiger partial charge in [0.15, 0.2) is 0 Å². The van der Waals surface area contributed by atoms with Crippen LogP contribution in [0.3, 0.4) is 0 Å². The molecule has 156 valence electrons. The van der Waals surface area contributed by atoms with Crippen molar-refractivity contribution in [2.24, 2.45) is 4.99 Å². The van der Waals surface area contributed by atoms with Gasteiger partial charge in [-0.2, -0.15) is 0 Å². The minimum Gasteiger partial charge on any atom is -0.495 e. The molecule has 0 bridgehead atoms. The normalized spacial score (nSPS) is 13.2. The van der Waals surface area contributed by atoms with Crippen LogP contribution in [0, 0.1) is 6.92 Å². The molecule has 0 fully saturated rings. The van der Waals surface area contributed by atoms with E-state index < -0.39 is 0 Å². The third-order valence-corrected chi connectivity index (χ3v) is 5.12. The molecule has 1 aliphatic rings. The SMILES string of the molecule is COc1ccccc1NC(=O)CN1C(=O)CC(c2ccc(C)cc2)=Nc2ccccc21. The predicted molar refractivity (Wildman–Crippen MR) is 122 cm³/mol. The number of carbonyl (C=O) groups is 2. The zero-order chi connectivity index (χ0) is 21.8. The van der Waals surface area contributed by atoms with Crippen LogP contribution in [0.15, 0.2) is 77.8 Å². The second kappa shape index (κ2) is 8.83. The Bertz CT molecular complexity index is 1150. The summed E-state index contributed by atoms with van der Waals surface area (Å²) >= 11 is 0. The number of benzene rings is 3. The summed E-state index contributed by atoms with van der Waals surface area (Å²) in [6, 6.07) is 22.5. The summed E-state index contributed by atoms with van der Waals surface area (Å²) in [6.07, 6.45) is 0.111. The Kier molecular flexibility index (Phi) is 5.80. The van der Waals surface area contributed by atoms with Crippen molar-refractivity contribution in [1.29, 1.82) is 0 Å². The molecule has 0 unspecified atom stereocenters. The number of hydrogen-bond acceptors (Lipinski definition) is 4. The zero-order valence-electron chi connectivity index (χ0n) is 17.5. The van der Waals surface area contributed by atoms with Crippen LogP contribution in [-0.4, -0.2) is 31.2 Å². The number of hydrogen-bond donors (Lipinski definition) is 1. The summed E-state index contributed by atoms with van der Waals surface area (Å²) in [7, 11) is 1.55. The van der Waals surface area contributed by atoms with Crippen LogP contribution in [0.25, 0.3) is 0 Å². The second-order valence-corrected chi connectivity index (χ2v) is 7.32. The van der Waals surface area contributed by atoms with Gasteiger partial charge in [-0.25, -0.2) is 0 Å². The first-order valence-electron chi connectivity index (χ1n) is 10.0. The Morgan fingerprint density at radius 1 is 1.03 bits per heavy atom. The maximum Gasteiger partial charge on any atom is 0.244 e. The number of para-hydroxylation sites is 4. The van der Waals surface area contributed by atoms with Crippen molar-refractivity contribution in [2.45, 2.75) is 13.3 Å². The fraction of sp³-hybridized carbons (Fsp3) is 0.160. The van der Waals surface area contributed by atoms with Crippen molar-refractivity contribution in [1.82, 2.24) is 0 Å². The molecule has 0 radical (unpaired) electrons. The largest absolute Gasteiger partial charge is 0.495 e. The van der Waals surface area contributed by atoms with Gasteiger partial charge < -0.3 is 15.0 Å². The number of aryl methyl sites for hydroxylation is 1. The van der Waals surface area contributed by atoms with Gasteiger partial charge in [-0.05, 0) is 36.8 Å². The van der Waals surface area contributed by atoms with Gasteiger partial charge in [0.25, 0.3) is 0 Å². The number of methoxy groups -OCH3 is 1. The molecule has 31 heavy (non-hydrogen) atoms. The number of ether oxygens (including phenoxy) is 1. The van der Waals surface area contributed by atoms with Crippen molar-refractivity contribution >= 4 is 34.6 Å². The van der Waals surface area contributed by atoms with Gasteiger partial charge in [-0.15, -0.1) is 0 Å². The lowest BCUT2D eigenvalue weighted by Crippen LogP contribution is -2.38. The number of anilines is 2. The molecule has 0 spiro atoms. The molecular formula is C25H23N3O3. The Morgan fingerprint density at radius 2 is 1.74 bits per heavy atom. The smallest absolute Gasteiger partial charge is 0.244 e. The third kappa shape index (κ3) is 4.48. The van der Waals surface area contributed by atoms with Gasteiger partial charge in [0.05, 0.1) is 36.3 Å². The highest BCUT2D eigenvalue weighted by Crippen LogP contribution is 2.33. The van der Waals surface area contributed by atoms with Crippen molar-refractivity contribution < 1.29 is 14.3 Å². The maximum absolute atomic E-state index is 13.2. The van der Waals surface area contributed by atoms with Crippen LogP contribution >= 0.6 is 0 Å². The highest BCUT2D eigenvalue weighted by atomic mass is 16.5. The predicted octanol–water partition coefficient (Wildman–Crippen LogP) is 4.50. The molecule has 6 heteroatoms. The lowest BCUT2D eigenvalue weighted by Gasteiger charge is -2.22. The van der Waals surface area contributed by atoms with Gasteiger partial charge >= 0.3 is 0 Å². The van der Waals surface area contributed by atoms with Crippen LogP contribution in [0.1, 0.15) is 17.5 Å². The van der Waals surface area contributed by atoms with E-state index >= 15 is 0 Å². The third-order valence-electron chi connectivity index (χ3n) is 5.12. The van der Waals surface area contributed by atoms with E-state index in [1.165, 1.54) is 4.90 Å². The average Bonchev–Trinajstić information content (AvgIpc) is 2.91. The highest BCUT2D eigenvalue weighted by Gasteiger charge is 2.26. The lowest BCUT2D eigenvalue weighted by atomic mass is 10.1. The Hall–Kier alpha value is -3.93. The average molecular weight is 413 g/mol. The van der Waals surface area contributed by atoms with Crippen LogP contribution in [0.2, 0.25) is 0 Å². The summed E-state index contributed by atoms with van der Waals surface area (Å²) in [4.78, 5) is 32.2. The molecule has 0 atom stereocenters. The topological polar surface area (TPSA) is 71.0 Å². The summed E-state index contributed by atoms with van der Waals surface area (Å²) in [5.41, 5.74) is 4.56. The van der Waals surface area contributed by atoms with E-state index in [2.05, 4.69) is 5.32 Å². The molecule has 0 saturated carbocycles. The molecule has 6 nitrogen and oxygen atoms in total. The van der Waals surface area contributed by atoms with Crippen LogP contribution in [0.5, 0.6) is 5.75 Å². The fourth-order valence-corrected chi connectivity index (χ4v) is 3.51. The molecule has 2 amide bonds. The Morgan fingerprint density at radius 3 is 2.52 bits per heavy atom. The first-order valence-corrected chi connectivity index (χ1v) is 10.0. The molecule has 1 aliphatic heterocycles. The van der Waals surface area contributed by atoms with Gasteiger partial charge in [-0.3, -0.25) is 14.6 Å².